The molecule has 50 heavy (non-hydrogen) atoms. The number of carbonyl (C=O) groups is 2. The van der Waals surface area contributed by atoms with Crippen LogP contribution in [0.15, 0.2) is 77.5 Å². The van der Waals surface area contributed by atoms with Crippen molar-refractivity contribution >= 4 is 43.8 Å². The molecule has 272 valence electrons. The molecule has 4 rings (SSSR count). The van der Waals surface area contributed by atoms with Crippen LogP contribution in [0.5, 0.6) is 11.5 Å². The fourth-order valence-corrected chi connectivity index (χ4v) is 9.00. The third-order valence-corrected chi connectivity index (χ3v) is 12.3. The maximum absolute atomic E-state index is 15.3. The van der Waals surface area contributed by atoms with Gasteiger partial charge >= 0.3 is 18.1 Å². The van der Waals surface area contributed by atoms with E-state index in [1.165, 1.54) is 19.3 Å². The van der Waals surface area contributed by atoms with E-state index < -0.39 is 61.1 Å². The third-order valence-electron chi connectivity index (χ3n) is 9.06. The lowest BCUT2D eigenvalue weighted by Crippen LogP contribution is -2.51. The van der Waals surface area contributed by atoms with E-state index in [0.29, 0.717) is 30.7 Å². The first-order chi connectivity index (χ1) is 23.7. The van der Waals surface area contributed by atoms with Crippen LogP contribution in [0, 0.1) is 11.8 Å². The van der Waals surface area contributed by atoms with Gasteiger partial charge in [-0.15, -0.1) is 0 Å². The average molecular weight is 790 g/mol. The van der Waals surface area contributed by atoms with Gasteiger partial charge in [0.25, 0.3) is 0 Å². The molecule has 2 aliphatic carbocycles. The number of esters is 2. The first kappa shape index (κ1) is 39.3. The Hall–Kier alpha value is -3.52. The van der Waals surface area contributed by atoms with Gasteiger partial charge < -0.3 is 14.2 Å². The highest BCUT2D eigenvalue weighted by Gasteiger charge is 2.54. The molecule has 0 amide bonds. The molecule has 0 spiro atoms. The number of methoxy groups -OCH3 is 1. The van der Waals surface area contributed by atoms with Crippen molar-refractivity contribution < 1.29 is 54.2 Å². The van der Waals surface area contributed by atoms with Crippen LogP contribution >= 0.6 is 15.9 Å². The number of allylic oxidation sites excluding steroid dienone is 4. The number of sulfone groups is 1. The summed E-state index contributed by atoms with van der Waals surface area (Å²) in [6.07, 6.45) is 1.36. The number of benzene rings is 2. The molecule has 2 atom stereocenters. The number of ether oxygens (including phenoxy) is 3. The molecule has 2 aromatic rings. The minimum absolute atomic E-state index is 0.0263. The van der Waals surface area contributed by atoms with Gasteiger partial charge in [0.1, 0.15) is 12.0 Å². The molecule has 0 saturated heterocycles. The maximum Gasteiger partial charge on any atom is 0.416 e. The van der Waals surface area contributed by atoms with Gasteiger partial charge in [-0.3, -0.25) is 4.79 Å². The van der Waals surface area contributed by atoms with Gasteiger partial charge in [0.15, 0.2) is 21.3 Å². The van der Waals surface area contributed by atoms with Crippen LogP contribution in [0.1, 0.15) is 62.5 Å². The summed E-state index contributed by atoms with van der Waals surface area (Å²) < 4.78 is 112. The molecular formula is C36H38BrF5O7S. The van der Waals surface area contributed by atoms with Gasteiger partial charge in [-0.2, -0.15) is 13.2 Å². The molecule has 2 unspecified atom stereocenters. The molecular weight excluding hydrogens is 751 g/mol. The molecule has 0 radical (unpaired) electrons. The molecule has 0 bridgehead atoms. The van der Waals surface area contributed by atoms with Gasteiger partial charge in [-0.05, 0) is 117 Å². The molecule has 14 heteroatoms. The van der Waals surface area contributed by atoms with Crippen LogP contribution < -0.4 is 9.47 Å². The van der Waals surface area contributed by atoms with Crippen LogP contribution in [0.3, 0.4) is 0 Å². The average Bonchev–Trinajstić information content (AvgIpc) is 3.09. The molecule has 2 aliphatic rings. The standard InChI is InChI=1S/C36H38BrF5O7S/c1-47-32-22-25(6-14-33(43)48-21-3-2-20-37)4-13-31(32)49-34(44)15-5-24-16-18-35(19-17-24,29-23-27(38)9-12-30(29)39)50(45,46)28-10-7-26(8-11-28)36(40,41)42/h4,6-14,22-24,29-30H,2-3,5,15-21H2,1H3/b14-6+. The Balaban J connectivity index is 1.40. The van der Waals surface area contributed by atoms with Gasteiger partial charge in [0.05, 0.1) is 28.9 Å². The van der Waals surface area contributed by atoms with Crippen molar-refractivity contribution in [3.05, 3.63) is 83.7 Å². The Morgan fingerprint density at radius 3 is 2.38 bits per heavy atom. The van der Waals surface area contributed by atoms with E-state index in [1.807, 2.05) is 0 Å². The second-order valence-corrected chi connectivity index (χ2v) is 15.3. The normalized spacial score (nSPS) is 22.6. The van der Waals surface area contributed by atoms with Crippen LogP contribution in [0.25, 0.3) is 6.08 Å². The van der Waals surface area contributed by atoms with E-state index in [1.54, 1.807) is 18.2 Å². The molecule has 1 fully saturated rings. The predicted octanol–water partition coefficient (Wildman–Crippen LogP) is 8.91. The number of rotatable bonds is 14. The second kappa shape index (κ2) is 17.1. The monoisotopic (exact) mass is 788 g/mol. The highest BCUT2D eigenvalue weighted by Crippen LogP contribution is 2.50. The second-order valence-electron chi connectivity index (χ2n) is 12.2. The van der Waals surface area contributed by atoms with Crippen molar-refractivity contribution in [2.45, 2.75) is 73.4 Å². The zero-order valence-corrected chi connectivity index (χ0v) is 29.7. The van der Waals surface area contributed by atoms with Gasteiger partial charge in [0, 0.05) is 23.7 Å². The number of halogens is 6. The minimum atomic E-state index is -4.68. The quantitative estimate of drug-likeness (QED) is 0.0471. The molecule has 1 saturated carbocycles. The molecule has 0 heterocycles. The summed E-state index contributed by atoms with van der Waals surface area (Å²) in [5.41, 5.74) is -0.426. The van der Waals surface area contributed by atoms with E-state index in [4.69, 9.17) is 14.2 Å². The highest BCUT2D eigenvalue weighted by molar-refractivity contribution is 9.09. The van der Waals surface area contributed by atoms with Crippen molar-refractivity contribution in [1.82, 2.24) is 0 Å². The van der Waals surface area contributed by atoms with Crippen LogP contribution in [-0.4, -0.2) is 50.3 Å². The van der Waals surface area contributed by atoms with E-state index in [-0.39, 0.29) is 49.5 Å². The van der Waals surface area contributed by atoms with Crippen molar-refractivity contribution in [3.8, 4) is 11.5 Å². The first-order valence-electron chi connectivity index (χ1n) is 16.1. The third kappa shape index (κ3) is 9.62. The van der Waals surface area contributed by atoms with Gasteiger partial charge in [0.2, 0.25) is 0 Å². The molecule has 0 N–H and O–H groups in total. The van der Waals surface area contributed by atoms with Crippen LogP contribution in [-0.2, 0) is 30.3 Å². The van der Waals surface area contributed by atoms with Crippen molar-refractivity contribution in [3.63, 3.8) is 0 Å². The summed E-state index contributed by atoms with van der Waals surface area (Å²) in [6, 6.07) is 7.77. The molecule has 2 aromatic carbocycles. The number of hydrogen-bond donors (Lipinski definition) is 0. The molecule has 0 aromatic heterocycles. The Morgan fingerprint density at radius 1 is 1.04 bits per heavy atom. The Labute approximate surface area is 296 Å². The maximum atomic E-state index is 15.3. The van der Waals surface area contributed by atoms with E-state index in [0.717, 1.165) is 48.5 Å². The van der Waals surface area contributed by atoms with Crippen molar-refractivity contribution in [1.29, 1.82) is 0 Å². The summed E-state index contributed by atoms with van der Waals surface area (Å²) in [5, 5.41) is 0.823. The zero-order valence-electron chi connectivity index (χ0n) is 27.3. The lowest BCUT2D eigenvalue weighted by Gasteiger charge is -2.45. The summed E-state index contributed by atoms with van der Waals surface area (Å²) >= 11 is 3.31. The van der Waals surface area contributed by atoms with Gasteiger partial charge in [-0.25, -0.2) is 22.0 Å². The number of hydrogen-bond acceptors (Lipinski definition) is 7. The number of carbonyl (C=O) groups excluding carboxylic acids is 2. The predicted molar refractivity (Wildman–Crippen MR) is 181 cm³/mol. The van der Waals surface area contributed by atoms with Gasteiger partial charge in [-0.1, -0.05) is 22.0 Å². The van der Waals surface area contributed by atoms with Crippen LogP contribution in [0.2, 0.25) is 0 Å². The fraction of sp³-hybridized carbons (Fsp3) is 0.444. The Kier molecular flexibility index (Phi) is 13.5. The zero-order chi connectivity index (χ0) is 36.5. The minimum Gasteiger partial charge on any atom is -0.493 e. The molecule has 7 nitrogen and oxygen atoms in total. The smallest absolute Gasteiger partial charge is 0.416 e. The topological polar surface area (TPSA) is 96.0 Å². The highest BCUT2D eigenvalue weighted by atomic mass is 79.9. The Bertz CT molecular complexity index is 1700. The lowest BCUT2D eigenvalue weighted by molar-refractivity contribution is -0.138. The molecule has 0 aliphatic heterocycles. The number of unbranched alkanes of at least 4 members (excludes halogenated alkanes) is 1. The fourth-order valence-electron chi connectivity index (χ4n) is 6.31. The van der Waals surface area contributed by atoms with Crippen molar-refractivity contribution in [2.24, 2.45) is 11.8 Å². The summed E-state index contributed by atoms with van der Waals surface area (Å²) in [4.78, 5) is 24.3. The van der Waals surface area contributed by atoms with E-state index in [9.17, 15) is 35.6 Å². The summed E-state index contributed by atoms with van der Waals surface area (Å²) in [6.45, 7) is 0.310. The van der Waals surface area contributed by atoms with Crippen LogP contribution in [0.4, 0.5) is 22.0 Å². The van der Waals surface area contributed by atoms with Crippen molar-refractivity contribution in [2.75, 3.05) is 19.0 Å². The van der Waals surface area contributed by atoms with E-state index >= 15 is 4.39 Å². The SMILES string of the molecule is COc1cc(/C=C/C(=O)OCCCCBr)ccc1OC(=O)CCC1CCC(C2C=C(F)C=CC2F)(S(=O)(=O)c2ccc(C(F)(F)F)cc2)CC1. The summed E-state index contributed by atoms with van der Waals surface area (Å²) in [5.74, 6) is -3.00. The largest absolute Gasteiger partial charge is 0.493 e. The first-order valence-corrected chi connectivity index (χ1v) is 18.7. The lowest BCUT2D eigenvalue weighted by atomic mass is 9.71. The number of alkyl halides is 5. The summed E-state index contributed by atoms with van der Waals surface area (Å²) in [7, 11) is -3.05. The Morgan fingerprint density at radius 2 is 1.74 bits per heavy atom. The van der Waals surface area contributed by atoms with E-state index in [2.05, 4.69) is 15.9 Å².